The normalized spacial score (nSPS) is 25.4. The third-order valence-electron chi connectivity index (χ3n) is 9.48. The Balaban J connectivity index is 1.40. The second-order valence-corrected chi connectivity index (χ2v) is 13.5. The third kappa shape index (κ3) is 16.4. The summed E-state index contributed by atoms with van der Waals surface area (Å²) in [6.45, 7) is 4.15. The smallest absolute Gasteiger partial charge is 0.309 e. The maximum atomic E-state index is 11.7. The molecule has 2 aliphatic rings. The van der Waals surface area contributed by atoms with E-state index in [1.807, 2.05) is 6.92 Å². The molecule has 7 nitrogen and oxygen atoms in total. The summed E-state index contributed by atoms with van der Waals surface area (Å²) in [5.41, 5.74) is 0. The van der Waals surface area contributed by atoms with Gasteiger partial charge in [0.1, 0.15) is 0 Å². The fraction of sp³-hybridized carbons (Fsp3) is 0.971. The molecule has 4 N–H and O–H groups in total. The molecule has 0 aromatic rings. The zero-order valence-electron chi connectivity index (χ0n) is 27.1. The number of carbonyl (C=O) groups is 1. The molecular formula is C35H66O7. The number of unbranched alkanes of at least 4 members (excludes halogenated alkanes) is 12. The van der Waals surface area contributed by atoms with Gasteiger partial charge in [-0.3, -0.25) is 4.79 Å². The van der Waals surface area contributed by atoms with Crippen molar-refractivity contribution in [3.8, 4) is 0 Å². The summed E-state index contributed by atoms with van der Waals surface area (Å²) in [4.78, 5) is 11.7. The lowest BCUT2D eigenvalue weighted by atomic mass is 9.95. The van der Waals surface area contributed by atoms with Gasteiger partial charge in [-0.05, 0) is 64.7 Å². The molecule has 42 heavy (non-hydrogen) atoms. The van der Waals surface area contributed by atoms with E-state index in [1.165, 1.54) is 57.8 Å². The average molecular weight is 599 g/mol. The molecule has 0 aromatic carbocycles. The Bertz CT molecular complexity index is 674. The van der Waals surface area contributed by atoms with Gasteiger partial charge in [0.2, 0.25) is 0 Å². The highest BCUT2D eigenvalue weighted by molar-refractivity contribution is 5.74. The molecule has 1 unspecified atom stereocenters. The number of hydrogen-bond acceptors (Lipinski definition) is 7. The van der Waals surface area contributed by atoms with Gasteiger partial charge >= 0.3 is 5.97 Å². The molecule has 8 atom stereocenters. The SMILES string of the molecule is CCCCCCCCCCCC[C@@H](O)[C@H]1CC[C@H]([C@H](O)CCCC[C@H](O)CCCCC[C@@H](O)CC2C[C@H](C)OC2=O)O1. The summed E-state index contributed by atoms with van der Waals surface area (Å²) in [6.07, 6.45) is 21.8. The molecule has 2 fully saturated rings. The van der Waals surface area contributed by atoms with Gasteiger partial charge in [-0.1, -0.05) is 103 Å². The van der Waals surface area contributed by atoms with Gasteiger partial charge in [0.15, 0.2) is 0 Å². The third-order valence-corrected chi connectivity index (χ3v) is 9.48. The van der Waals surface area contributed by atoms with E-state index in [9.17, 15) is 25.2 Å². The van der Waals surface area contributed by atoms with Crippen LogP contribution in [0.5, 0.6) is 0 Å². The van der Waals surface area contributed by atoms with Gasteiger partial charge in [0.05, 0.1) is 48.6 Å². The highest BCUT2D eigenvalue weighted by Gasteiger charge is 2.34. The maximum absolute atomic E-state index is 11.7. The van der Waals surface area contributed by atoms with E-state index in [1.54, 1.807) is 0 Å². The van der Waals surface area contributed by atoms with Crippen molar-refractivity contribution in [1.29, 1.82) is 0 Å². The number of carbonyl (C=O) groups excluding carboxylic acids is 1. The largest absolute Gasteiger partial charge is 0.462 e. The van der Waals surface area contributed by atoms with Crippen LogP contribution in [0.25, 0.3) is 0 Å². The molecule has 0 aromatic heterocycles. The van der Waals surface area contributed by atoms with Crippen molar-refractivity contribution >= 4 is 5.97 Å². The van der Waals surface area contributed by atoms with Crippen LogP contribution in [-0.4, -0.2) is 69.1 Å². The Morgan fingerprint density at radius 1 is 0.643 bits per heavy atom. The number of hydrogen-bond donors (Lipinski definition) is 4. The van der Waals surface area contributed by atoms with Crippen LogP contribution in [0.4, 0.5) is 0 Å². The number of aliphatic hydroxyl groups is 4. The van der Waals surface area contributed by atoms with Crippen LogP contribution >= 0.6 is 0 Å². The lowest BCUT2D eigenvalue weighted by Crippen LogP contribution is -2.31. The van der Waals surface area contributed by atoms with Crippen molar-refractivity contribution in [3.63, 3.8) is 0 Å². The quantitative estimate of drug-likeness (QED) is 0.0618. The second-order valence-electron chi connectivity index (χ2n) is 13.5. The number of esters is 1. The number of cyclic esters (lactones) is 1. The molecule has 2 saturated heterocycles. The fourth-order valence-corrected chi connectivity index (χ4v) is 6.76. The monoisotopic (exact) mass is 598 g/mol. The van der Waals surface area contributed by atoms with Crippen LogP contribution in [0.1, 0.15) is 168 Å². The molecule has 0 bridgehead atoms. The van der Waals surface area contributed by atoms with Crippen LogP contribution in [-0.2, 0) is 14.3 Å². The topological polar surface area (TPSA) is 116 Å². The minimum atomic E-state index is -0.502. The minimum Gasteiger partial charge on any atom is -0.462 e. The molecule has 0 aliphatic carbocycles. The Hall–Kier alpha value is -0.730. The molecule has 0 radical (unpaired) electrons. The van der Waals surface area contributed by atoms with Gasteiger partial charge in [0, 0.05) is 0 Å². The molecule has 2 heterocycles. The van der Waals surface area contributed by atoms with Crippen LogP contribution in [0.3, 0.4) is 0 Å². The standard InChI is InChI=1S/C35H66O7/c1-3-4-5-6-7-8-9-10-11-15-21-31(38)33-23-24-34(42-33)32(39)22-17-16-19-29(36)18-13-12-14-20-30(37)26-28-25-27(2)41-35(28)40/h27-34,36-39H,3-26H2,1-2H3/t27-,28?,29+,30+,31+,32+,33+,34+/m0/s1. The average Bonchev–Trinajstić information content (AvgIpc) is 3.58. The predicted octanol–water partition coefficient (Wildman–Crippen LogP) is 7.14. The molecule has 248 valence electrons. The summed E-state index contributed by atoms with van der Waals surface area (Å²) in [7, 11) is 0. The first-order valence-electron chi connectivity index (χ1n) is 17.9. The Labute approximate surface area is 257 Å². The summed E-state index contributed by atoms with van der Waals surface area (Å²) in [5.74, 6) is -0.339. The summed E-state index contributed by atoms with van der Waals surface area (Å²) in [5, 5.41) is 41.8. The number of aliphatic hydroxyl groups excluding tert-OH is 4. The summed E-state index contributed by atoms with van der Waals surface area (Å²) >= 11 is 0. The van der Waals surface area contributed by atoms with E-state index >= 15 is 0 Å². The first-order valence-corrected chi connectivity index (χ1v) is 17.9. The zero-order chi connectivity index (χ0) is 30.6. The van der Waals surface area contributed by atoms with Gasteiger partial charge in [-0.2, -0.15) is 0 Å². The maximum Gasteiger partial charge on any atom is 0.309 e. The first-order chi connectivity index (χ1) is 20.3. The van der Waals surface area contributed by atoms with E-state index in [-0.39, 0.29) is 36.3 Å². The summed E-state index contributed by atoms with van der Waals surface area (Å²) < 4.78 is 11.2. The summed E-state index contributed by atoms with van der Waals surface area (Å²) in [6, 6.07) is 0. The van der Waals surface area contributed by atoms with Crippen molar-refractivity contribution < 1.29 is 34.7 Å². The molecule has 2 aliphatic heterocycles. The van der Waals surface area contributed by atoms with E-state index < -0.39 is 18.3 Å². The predicted molar refractivity (Wildman–Crippen MR) is 168 cm³/mol. The van der Waals surface area contributed by atoms with E-state index in [0.29, 0.717) is 25.7 Å². The molecule has 2 rings (SSSR count). The van der Waals surface area contributed by atoms with Crippen LogP contribution in [0, 0.1) is 5.92 Å². The van der Waals surface area contributed by atoms with Crippen molar-refractivity contribution in [2.75, 3.05) is 0 Å². The van der Waals surface area contributed by atoms with Crippen LogP contribution in [0.2, 0.25) is 0 Å². The number of rotatable bonds is 26. The lowest BCUT2D eigenvalue weighted by Gasteiger charge is -2.22. The van der Waals surface area contributed by atoms with Crippen LogP contribution in [0.15, 0.2) is 0 Å². The molecule has 7 heteroatoms. The molecular weight excluding hydrogens is 532 g/mol. The van der Waals surface area contributed by atoms with Gasteiger partial charge in [-0.25, -0.2) is 0 Å². The second kappa shape index (κ2) is 22.7. The first kappa shape index (κ1) is 37.5. The van der Waals surface area contributed by atoms with Crippen molar-refractivity contribution in [2.45, 2.75) is 211 Å². The lowest BCUT2D eigenvalue weighted by molar-refractivity contribution is -0.144. The highest BCUT2D eigenvalue weighted by Crippen LogP contribution is 2.29. The van der Waals surface area contributed by atoms with Crippen molar-refractivity contribution in [2.24, 2.45) is 5.92 Å². The van der Waals surface area contributed by atoms with Crippen LogP contribution < -0.4 is 0 Å². The van der Waals surface area contributed by atoms with E-state index in [4.69, 9.17) is 9.47 Å². The van der Waals surface area contributed by atoms with Crippen molar-refractivity contribution in [1.82, 2.24) is 0 Å². The molecule has 0 saturated carbocycles. The Morgan fingerprint density at radius 2 is 1.07 bits per heavy atom. The Kier molecular flexibility index (Phi) is 20.3. The Morgan fingerprint density at radius 3 is 1.60 bits per heavy atom. The van der Waals surface area contributed by atoms with Crippen molar-refractivity contribution in [3.05, 3.63) is 0 Å². The molecule has 0 spiro atoms. The molecule has 0 amide bonds. The fourth-order valence-electron chi connectivity index (χ4n) is 6.76. The van der Waals surface area contributed by atoms with Gasteiger partial charge in [-0.15, -0.1) is 0 Å². The number of ether oxygens (including phenoxy) is 2. The zero-order valence-corrected chi connectivity index (χ0v) is 27.1. The van der Waals surface area contributed by atoms with Gasteiger partial charge < -0.3 is 29.9 Å². The van der Waals surface area contributed by atoms with E-state index in [2.05, 4.69) is 6.92 Å². The highest BCUT2D eigenvalue weighted by atomic mass is 16.6. The minimum absolute atomic E-state index is 0.0363. The van der Waals surface area contributed by atoms with E-state index in [0.717, 1.165) is 70.6 Å². The van der Waals surface area contributed by atoms with Gasteiger partial charge in [0.25, 0.3) is 0 Å².